The molecule has 6 aliphatic heterocycles. The smallest absolute Gasteiger partial charge is 0.346 e. The molecule has 0 fully saturated rings. The fourth-order valence-corrected chi connectivity index (χ4v) is 20.9. The molecule has 14 aromatic rings. The Bertz CT molecular complexity index is 6700. The molecular formula is C98H88F8N14O13S4. The first-order valence-corrected chi connectivity index (χ1v) is 46.7. The van der Waals surface area contributed by atoms with E-state index in [9.17, 15) is 73.5 Å². The maximum Gasteiger partial charge on any atom is 0.346 e. The molecule has 0 aliphatic carbocycles. The molecule has 6 aromatic carbocycles. The van der Waals surface area contributed by atoms with Crippen molar-refractivity contribution in [2.24, 2.45) is 29.0 Å². The van der Waals surface area contributed by atoms with Gasteiger partial charge in [-0.25, -0.2) is 39.9 Å². The van der Waals surface area contributed by atoms with Crippen molar-refractivity contribution in [3.8, 4) is 65.3 Å². The van der Waals surface area contributed by atoms with E-state index in [-0.39, 0.29) is 92.0 Å². The molecule has 8 N–H and O–H groups in total. The van der Waals surface area contributed by atoms with Crippen LogP contribution in [0.15, 0.2) is 170 Å². The SMILES string of the molecule is Cc1cnn2c1-c1cc(C(=O)C[C@H](CN)Cc3cc(F)cc(F)c3)sc1OCC2.Cc1cnn2c1-c1cc(C(=O)C[C@H](CN)Cc3cc(F)cc(F)c3)sc1OCC2.Cc1cnn2c1-c1cc(C(=O)N[C@@H](Cc3cc(F)cc(F)c3)CN3C(=O)c4ccccc4C3=O)sc1OCC2.Cc1cnn2c1-c1cc(C(=O)O)sc1OCC2.N[C@@H](Cc1cc(F)cc(F)c1)CN1C(=O)c2ccccc2C1=O. The highest BCUT2D eigenvalue weighted by Gasteiger charge is 2.40. The number of ether oxygens (including phenoxy) is 4. The van der Waals surface area contributed by atoms with Crippen LogP contribution in [0.3, 0.4) is 0 Å². The molecule has 137 heavy (non-hydrogen) atoms. The number of benzene rings is 6. The van der Waals surface area contributed by atoms with Crippen LogP contribution in [0.4, 0.5) is 35.1 Å². The Hall–Kier alpha value is -14.0. The largest absolute Gasteiger partial charge is 0.481 e. The van der Waals surface area contributed by atoms with E-state index in [1.807, 2.05) is 70.9 Å². The lowest BCUT2D eigenvalue weighted by molar-refractivity contribution is 0.0622. The molecule has 39 heteroatoms. The molecule has 0 spiro atoms. The number of thiophene rings is 4. The topological polar surface area (TPSA) is 362 Å². The van der Waals surface area contributed by atoms with E-state index in [0.29, 0.717) is 133 Å². The quantitative estimate of drug-likeness (QED) is 0.0226. The van der Waals surface area contributed by atoms with Gasteiger partial charge in [0.1, 0.15) is 77.8 Å². The normalized spacial score (nSPS) is 14.3. The monoisotopic (exact) mass is 1950 g/mol. The second-order valence-electron chi connectivity index (χ2n) is 33.4. The molecule has 4 atom stereocenters. The van der Waals surface area contributed by atoms with Crippen LogP contribution in [-0.2, 0) is 51.9 Å². The predicted molar refractivity (Wildman–Crippen MR) is 496 cm³/mol. The second-order valence-corrected chi connectivity index (χ2v) is 37.5. The van der Waals surface area contributed by atoms with Gasteiger partial charge in [-0.1, -0.05) is 69.6 Å². The molecule has 27 nitrogen and oxygen atoms in total. The Morgan fingerprint density at radius 2 is 0.664 bits per heavy atom. The number of hydrogen-bond donors (Lipinski definition) is 5. The summed E-state index contributed by atoms with van der Waals surface area (Å²) in [5, 5.41) is 32.0. The van der Waals surface area contributed by atoms with Crippen molar-refractivity contribution in [3.05, 3.63) is 303 Å². The van der Waals surface area contributed by atoms with Gasteiger partial charge in [0.05, 0.1) is 139 Å². The summed E-state index contributed by atoms with van der Waals surface area (Å²) < 4.78 is 139. The number of fused-ring (bicyclic) bond motifs is 14. The fraction of sp³-hybridized carbons (Fsp3) is 0.265. The van der Waals surface area contributed by atoms with E-state index >= 15 is 0 Å². The first-order chi connectivity index (χ1) is 65.8. The molecule has 6 aliphatic rings. The number of Topliss-reactive ketones (excluding diaryl/α,β-unsaturated/α-hetero) is 2. The third kappa shape index (κ3) is 21.8. The summed E-state index contributed by atoms with van der Waals surface area (Å²) in [6, 6.07) is 31.7. The number of nitrogens with zero attached hydrogens (tertiary/aromatic N) is 10. The number of nitrogens with one attached hydrogen (secondary N) is 1. The molecule has 14 heterocycles. The molecule has 0 radical (unpaired) electrons. The lowest BCUT2D eigenvalue weighted by Crippen LogP contribution is -2.46. The van der Waals surface area contributed by atoms with Crippen molar-refractivity contribution in [2.75, 3.05) is 52.6 Å². The zero-order valence-electron chi connectivity index (χ0n) is 73.9. The van der Waals surface area contributed by atoms with E-state index in [0.717, 1.165) is 113 Å². The third-order valence-corrected chi connectivity index (χ3v) is 27.5. The zero-order valence-corrected chi connectivity index (χ0v) is 77.2. The fourth-order valence-electron chi connectivity index (χ4n) is 17.1. The number of halogens is 8. The van der Waals surface area contributed by atoms with Crippen LogP contribution in [0, 0.1) is 86.1 Å². The Labute approximate surface area is 794 Å². The lowest BCUT2D eigenvalue weighted by atomic mass is 9.93. The van der Waals surface area contributed by atoms with E-state index in [2.05, 4.69) is 25.7 Å². The number of aromatic nitrogens is 8. The number of rotatable bonds is 23. The number of aryl methyl sites for hydroxylation is 4. The molecule has 5 amide bonds. The number of carboxylic acids is 1. The number of amides is 5. The minimum Gasteiger partial charge on any atom is -0.481 e. The summed E-state index contributed by atoms with van der Waals surface area (Å²) in [4.78, 5) is 105. The highest BCUT2D eigenvalue weighted by molar-refractivity contribution is 7.17. The van der Waals surface area contributed by atoms with Crippen molar-refractivity contribution in [1.82, 2.24) is 54.2 Å². The van der Waals surface area contributed by atoms with Crippen LogP contribution in [0.5, 0.6) is 20.3 Å². The summed E-state index contributed by atoms with van der Waals surface area (Å²) in [5.74, 6) is -9.09. The molecule has 20 rings (SSSR count). The molecule has 8 aromatic heterocycles. The molecule has 0 saturated carbocycles. The van der Waals surface area contributed by atoms with Crippen LogP contribution in [-0.4, -0.2) is 166 Å². The van der Waals surface area contributed by atoms with Gasteiger partial charge in [0.25, 0.3) is 29.5 Å². The van der Waals surface area contributed by atoms with Gasteiger partial charge in [-0.15, -0.1) is 0 Å². The number of imide groups is 2. The standard InChI is InChI=1S/C28H22F2N4O4S.2C21H21F2N3O2S.C17H14F2N2O2.C11H10N2O3S/c1-15-13-31-34-6-7-38-28-22(24(15)34)12-23(39-28)25(35)32-19(10-16-8-17(29)11-18(30)9-16)14-33-26(36)20-4-2-3-5-21(20)27(33)37;2*1-12-11-25-26-2-3-28-21-17(20(12)26)9-19(29-21)18(27)7-14(10-24)4-13-5-15(22)8-16(23)6-13;18-11-5-10(6-12(19)8-11)7-13(20)9-21-16(22)14-3-1-2-4-15(14)17(21)23;1-6-5-12-13-2-3-16-11-7(9(6)13)4-8(17-11)10(14)15/h2-5,8-9,11-13,19H,6-7,10,14H2,1H3,(H,32,35);2*5-6,8-9,11,14H,2-4,7,10,24H2,1H3;1-6,8,13H,7,9,20H2;4-5H,2-3H2,1H3,(H,14,15)/t19-;2*14-;13-;/m0110./s1. The zero-order chi connectivity index (χ0) is 96.9. The molecule has 0 unspecified atom stereocenters. The van der Waals surface area contributed by atoms with Crippen molar-refractivity contribution in [1.29, 1.82) is 0 Å². The molecule has 708 valence electrons. The van der Waals surface area contributed by atoms with Gasteiger partial charge >= 0.3 is 5.97 Å². The highest BCUT2D eigenvalue weighted by atomic mass is 32.1. The van der Waals surface area contributed by atoms with Gasteiger partial charge in [0, 0.05) is 56.2 Å². The van der Waals surface area contributed by atoms with Crippen molar-refractivity contribution >= 4 is 92.4 Å². The summed E-state index contributed by atoms with van der Waals surface area (Å²) in [5.41, 5.74) is 31.7. The van der Waals surface area contributed by atoms with Gasteiger partial charge in [-0.2, -0.15) is 20.4 Å². The average molecular weight is 1950 g/mol. The maximum absolute atomic E-state index is 13.9. The van der Waals surface area contributed by atoms with Crippen LogP contribution in [0.25, 0.3) is 45.0 Å². The molecule has 0 bridgehead atoms. The molecular weight excluding hydrogens is 1860 g/mol. The van der Waals surface area contributed by atoms with Crippen LogP contribution in [0.1, 0.15) is 137 Å². The molecule has 0 saturated heterocycles. The number of nitrogens with two attached hydrogens (primary N) is 3. The number of hydrogen-bond acceptors (Lipinski definition) is 23. The van der Waals surface area contributed by atoms with Crippen molar-refractivity contribution < 1.29 is 97.5 Å². The summed E-state index contributed by atoms with van der Waals surface area (Å²) in [6.45, 7) is 12.7. The van der Waals surface area contributed by atoms with Gasteiger partial charge in [-0.3, -0.25) is 62.1 Å². The number of carbonyl (C=O) groups is 8. The van der Waals surface area contributed by atoms with Gasteiger partial charge < -0.3 is 46.6 Å². The van der Waals surface area contributed by atoms with Crippen LogP contribution < -0.4 is 41.5 Å². The number of ketones is 2. The summed E-state index contributed by atoms with van der Waals surface area (Å²) >= 11 is 4.99. The minimum absolute atomic E-state index is 0.00945. The summed E-state index contributed by atoms with van der Waals surface area (Å²) in [6.07, 6.45) is 8.40. The van der Waals surface area contributed by atoms with Crippen LogP contribution in [0.2, 0.25) is 0 Å². The van der Waals surface area contributed by atoms with Gasteiger partial charge in [0.2, 0.25) is 0 Å². The Morgan fingerprint density at radius 1 is 0.387 bits per heavy atom. The van der Waals surface area contributed by atoms with Crippen molar-refractivity contribution in [3.63, 3.8) is 0 Å². The van der Waals surface area contributed by atoms with Gasteiger partial charge in [0.15, 0.2) is 31.8 Å². The first kappa shape index (κ1) is 96.2. The van der Waals surface area contributed by atoms with Crippen molar-refractivity contribution in [2.45, 2.75) is 104 Å². The highest BCUT2D eigenvalue weighted by Crippen LogP contribution is 2.47. The van der Waals surface area contributed by atoms with Crippen LogP contribution >= 0.6 is 45.3 Å². The number of carbonyl (C=O) groups excluding carboxylic acids is 7. The van der Waals surface area contributed by atoms with E-state index in [1.54, 1.807) is 73.1 Å². The van der Waals surface area contributed by atoms with E-state index in [4.69, 9.17) is 41.3 Å². The van der Waals surface area contributed by atoms with E-state index in [1.165, 1.54) is 81.7 Å². The minimum atomic E-state index is -0.921. The second kappa shape index (κ2) is 41.7. The number of carboxylic acid groups (broad SMARTS) is 1. The van der Waals surface area contributed by atoms with Gasteiger partial charge in [-0.05, 0) is 220 Å². The first-order valence-electron chi connectivity index (χ1n) is 43.4. The Balaban J connectivity index is 0.000000127. The third-order valence-electron chi connectivity index (χ3n) is 23.3. The van der Waals surface area contributed by atoms with E-state index < -0.39 is 94.1 Å². The maximum atomic E-state index is 13.9. The average Bonchev–Trinajstić information content (AvgIpc) is 1.66. The number of aromatic carboxylic acids is 1. The Kier molecular flexibility index (Phi) is 29.3. The lowest BCUT2D eigenvalue weighted by Gasteiger charge is -2.24. The Morgan fingerprint density at radius 3 is 0.978 bits per heavy atom. The summed E-state index contributed by atoms with van der Waals surface area (Å²) in [7, 11) is 0. The predicted octanol–water partition coefficient (Wildman–Crippen LogP) is 16.3.